The van der Waals surface area contributed by atoms with E-state index < -0.39 is 0 Å². The highest BCUT2D eigenvalue weighted by atomic mass is 16.5. The maximum absolute atomic E-state index is 12.7. The second kappa shape index (κ2) is 6.12. The number of morpholine rings is 1. The molecule has 0 N–H and O–H groups in total. The Hall–Kier alpha value is -1.10. The van der Waals surface area contributed by atoms with Crippen LogP contribution in [0, 0.1) is 5.92 Å². The van der Waals surface area contributed by atoms with Gasteiger partial charge >= 0.3 is 6.03 Å². The van der Waals surface area contributed by atoms with Crippen LogP contribution in [-0.4, -0.2) is 60.5 Å². The number of carbonyl (C=O) groups excluding carboxylic acids is 2. The number of ether oxygens (including phenoxy) is 1. The van der Waals surface area contributed by atoms with Crippen molar-refractivity contribution >= 4 is 11.8 Å². The van der Waals surface area contributed by atoms with Crippen molar-refractivity contribution < 1.29 is 14.3 Å². The van der Waals surface area contributed by atoms with Gasteiger partial charge in [-0.05, 0) is 32.1 Å². The molecule has 2 heterocycles. The standard InChI is InChI=1S/C15H24N2O3/c18-14-6-3-4-12(14)13-5-1-2-7-17(13)15(19)16-8-10-20-11-9-16/h12-13H,1-11H2. The van der Waals surface area contributed by atoms with Gasteiger partial charge in [0, 0.05) is 38.0 Å². The van der Waals surface area contributed by atoms with Gasteiger partial charge in [0.15, 0.2) is 0 Å². The molecule has 2 atom stereocenters. The van der Waals surface area contributed by atoms with Crippen LogP contribution in [-0.2, 0) is 9.53 Å². The summed E-state index contributed by atoms with van der Waals surface area (Å²) in [5.41, 5.74) is 0. The zero-order valence-electron chi connectivity index (χ0n) is 12.1. The summed E-state index contributed by atoms with van der Waals surface area (Å²) >= 11 is 0. The molecule has 3 rings (SSSR count). The first-order valence-electron chi connectivity index (χ1n) is 7.93. The first-order valence-corrected chi connectivity index (χ1v) is 7.93. The molecule has 2 aliphatic heterocycles. The van der Waals surface area contributed by atoms with Crippen molar-refractivity contribution in [2.45, 2.75) is 44.6 Å². The first kappa shape index (κ1) is 13.9. The Kier molecular flexibility index (Phi) is 4.24. The molecule has 20 heavy (non-hydrogen) atoms. The Morgan fingerprint density at radius 3 is 2.55 bits per heavy atom. The molecule has 3 aliphatic rings. The summed E-state index contributed by atoms with van der Waals surface area (Å²) in [5.74, 6) is 0.469. The molecule has 0 radical (unpaired) electrons. The van der Waals surface area contributed by atoms with Gasteiger partial charge in [-0.25, -0.2) is 4.79 Å². The summed E-state index contributed by atoms with van der Waals surface area (Å²) < 4.78 is 5.31. The number of amides is 2. The number of nitrogens with zero attached hydrogens (tertiary/aromatic N) is 2. The molecule has 0 bridgehead atoms. The van der Waals surface area contributed by atoms with E-state index in [9.17, 15) is 9.59 Å². The Balaban J connectivity index is 1.71. The van der Waals surface area contributed by atoms with Crippen LogP contribution in [0.3, 0.4) is 0 Å². The summed E-state index contributed by atoms with van der Waals surface area (Å²) in [4.78, 5) is 28.6. The average molecular weight is 280 g/mol. The molecule has 2 amide bonds. The zero-order valence-corrected chi connectivity index (χ0v) is 12.1. The normalized spacial score (nSPS) is 31.7. The molecule has 0 spiro atoms. The second-order valence-electron chi connectivity index (χ2n) is 6.10. The smallest absolute Gasteiger partial charge is 0.320 e. The van der Waals surface area contributed by atoms with Gasteiger partial charge < -0.3 is 14.5 Å². The Bertz CT molecular complexity index is 379. The lowest BCUT2D eigenvalue weighted by Gasteiger charge is -2.42. The lowest BCUT2D eigenvalue weighted by molar-refractivity contribution is -0.122. The highest BCUT2D eigenvalue weighted by molar-refractivity contribution is 5.84. The molecule has 2 saturated heterocycles. The quantitative estimate of drug-likeness (QED) is 0.734. The van der Waals surface area contributed by atoms with E-state index in [1.165, 1.54) is 0 Å². The maximum atomic E-state index is 12.7. The minimum absolute atomic E-state index is 0.0975. The van der Waals surface area contributed by atoms with E-state index in [0.29, 0.717) is 38.5 Å². The van der Waals surface area contributed by atoms with E-state index in [1.54, 1.807) is 0 Å². The number of urea groups is 1. The van der Waals surface area contributed by atoms with Gasteiger partial charge in [0.05, 0.1) is 13.2 Å². The molecule has 0 aromatic carbocycles. The topological polar surface area (TPSA) is 49.9 Å². The third-order valence-corrected chi connectivity index (χ3v) is 4.89. The molecular weight excluding hydrogens is 256 g/mol. The average Bonchev–Trinajstić information content (AvgIpc) is 2.93. The van der Waals surface area contributed by atoms with E-state index in [0.717, 1.165) is 38.6 Å². The summed E-state index contributed by atoms with van der Waals surface area (Å²) in [6, 6.07) is 0.270. The van der Waals surface area contributed by atoms with Crippen LogP contribution in [0.25, 0.3) is 0 Å². The maximum Gasteiger partial charge on any atom is 0.320 e. The summed E-state index contributed by atoms with van der Waals surface area (Å²) in [5, 5.41) is 0. The van der Waals surface area contributed by atoms with Crippen LogP contribution >= 0.6 is 0 Å². The lowest BCUT2D eigenvalue weighted by Crippen LogP contribution is -2.55. The van der Waals surface area contributed by atoms with Gasteiger partial charge in [0.1, 0.15) is 5.78 Å². The summed E-state index contributed by atoms with van der Waals surface area (Å²) in [6.45, 7) is 3.44. The molecule has 112 valence electrons. The zero-order chi connectivity index (χ0) is 13.9. The van der Waals surface area contributed by atoms with E-state index in [2.05, 4.69) is 0 Å². The Labute approximate surface area is 120 Å². The van der Waals surface area contributed by atoms with Crippen molar-refractivity contribution in [3.05, 3.63) is 0 Å². The highest BCUT2D eigenvalue weighted by Gasteiger charge is 2.40. The third-order valence-electron chi connectivity index (χ3n) is 4.89. The Morgan fingerprint density at radius 1 is 1.05 bits per heavy atom. The van der Waals surface area contributed by atoms with Crippen LogP contribution in [0.5, 0.6) is 0 Å². The van der Waals surface area contributed by atoms with Crippen LogP contribution in [0.2, 0.25) is 0 Å². The van der Waals surface area contributed by atoms with Crippen LogP contribution < -0.4 is 0 Å². The number of likely N-dealkylation sites (tertiary alicyclic amines) is 1. The van der Waals surface area contributed by atoms with Crippen molar-refractivity contribution in [1.29, 1.82) is 0 Å². The van der Waals surface area contributed by atoms with E-state index in [4.69, 9.17) is 4.74 Å². The molecule has 5 nitrogen and oxygen atoms in total. The number of ketones is 1. The first-order chi connectivity index (χ1) is 9.77. The van der Waals surface area contributed by atoms with Crippen molar-refractivity contribution in [2.75, 3.05) is 32.8 Å². The third kappa shape index (κ3) is 2.68. The molecule has 1 saturated carbocycles. The van der Waals surface area contributed by atoms with Gasteiger partial charge in [0.25, 0.3) is 0 Å². The largest absolute Gasteiger partial charge is 0.378 e. The van der Waals surface area contributed by atoms with E-state index >= 15 is 0 Å². The molecule has 0 aromatic heterocycles. The fourth-order valence-electron chi connectivity index (χ4n) is 3.80. The summed E-state index contributed by atoms with van der Waals surface area (Å²) in [6.07, 6.45) is 5.87. The van der Waals surface area contributed by atoms with Crippen LogP contribution in [0.4, 0.5) is 4.79 Å². The minimum Gasteiger partial charge on any atom is -0.378 e. The number of hydrogen-bond acceptors (Lipinski definition) is 3. The van der Waals surface area contributed by atoms with Crippen LogP contribution in [0.1, 0.15) is 38.5 Å². The number of piperidine rings is 1. The Morgan fingerprint density at radius 2 is 1.85 bits per heavy atom. The lowest BCUT2D eigenvalue weighted by atomic mass is 9.88. The molecule has 2 unspecified atom stereocenters. The van der Waals surface area contributed by atoms with Crippen molar-refractivity contribution in [2.24, 2.45) is 5.92 Å². The minimum atomic E-state index is 0.0975. The molecule has 3 fully saturated rings. The van der Waals surface area contributed by atoms with Gasteiger partial charge in [-0.2, -0.15) is 0 Å². The van der Waals surface area contributed by atoms with E-state index in [1.807, 2.05) is 9.80 Å². The molecular formula is C15H24N2O3. The number of carbonyl (C=O) groups is 2. The number of hydrogen-bond donors (Lipinski definition) is 0. The molecule has 1 aliphatic carbocycles. The van der Waals surface area contributed by atoms with Crippen molar-refractivity contribution in [3.63, 3.8) is 0 Å². The molecule has 0 aromatic rings. The second-order valence-corrected chi connectivity index (χ2v) is 6.10. The van der Waals surface area contributed by atoms with Crippen molar-refractivity contribution in [1.82, 2.24) is 9.80 Å². The van der Waals surface area contributed by atoms with Gasteiger partial charge in [-0.15, -0.1) is 0 Å². The van der Waals surface area contributed by atoms with E-state index in [-0.39, 0.29) is 18.0 Å². The van der Waals surface area contributed by atoms with Gasteiger partial charge in [-0.1, -0.05) is 0 Å². The molecule has 5 heteroatoms. The fraction of sp³-hybridized carbons (Fsp3) is 0.867. The number of rotatable bonds is 1. The fourth-order valence-corrected chi connectivity index (χ4v) is 3.80. The monoisotopic (exact) mass is 280 g/mol. The predicted octanol–water partition coefficient (Wildman–Crippen LogP) is 1.66. The number of Topliss-reactive ketones (excluding diaryl/α,β-unsaturated/α-hetero) is 1. The highest BCUT2D eigenvalue weighted by Crippen LogP contribution is 2.33. The van der Waals surface area contributed by atoms with Gasteiger partial charge in [0.2, 0.25) is 0 Å². The van der Waals surface area contributed by atoms with Crippen molar-refractivity contribution in [3.8, 4) is 0 Å². The van der Waals surface area contributed by atoms with Gasteiger partial charge in [-0.3, -0.25) is 4.79 Å². The van der Waals surface area contributed by atoms with Crippen LogP contribution in [0.15, 0.2) is 0 Å². The predicted molar refractivity (Wildman–Crippen MR) is 74.5 cm³/mol. The SMILES string of the molecule is O=C1CCCC1C1CCCCN1C(=O)N1CCOCC1. The summed E-state index contributed by atoms with van der Waals surface area (Å²) in [7, 11) is 0.